The van der Waals surface area contributed by atoms with Gasteiger partial charge in [-0.3, -0.25) is 4.79 Å². The number of anilines is 1. The van der Waals surface area contributed by atoms with E-state index in [2.05, 4.69) is 11.4 Å². The average Bonchev–Trinajstić information content (AvgIpc) is 2.49. The Morgan fingerprint density at radius 2 is 1.86 bits per heavy atom. The molecule has 3 rings (SSSR count). The van der Waals surface area contributed by atoms with Gasteiger partial charge in [0.2, 0.25) is 0 Å². The number of carbonyl (C=O) groups excluding carboxylic acids is 1. The number of rotatable bonds is 2. The highest BCUT2D eigenvalue weighted by Gasteiger charge is 2.20. The zero-order valence-electron chi connectivity index (χ0n) is 11.1. The van der Waals surface area contributed by atoms with Crippen LogP contribution < -0.4 is 11.1 Å². The van der Waals surface area contributed by atoms with Crippen molar-refractivity contribution in [2.45, 2.75) is 4.90 Å². The number of primary amides is 1. The van der Waals surface area contributed by atoms with Crippen molar-refractivity contribution >= 4 is 40.5 Å². The maximum Gasteiger partial charge on any atom is 0.251 e. The predicted octanol–water partition coefficient (Wildman–Crippen LogP) is 3.75. The fraction of sp³-hybridized carbons (Fsp3) is 0.0625. The van der Waals surface area contributed by atoms with Crippen molar-refractivity contribution in [2.75, 3.05) is 11.1 Å². The van der Waals surface area contributed by atoms with Gasteiger partial charge in [-0.25, -0.2) is 0 Å². The van der Waals surface area contributed by atoms with Crippen LogP contribution in [0.15, 0.2) is 59.1 Å². The minimum absolute atomic E-state index is 0.445. The quantitative estimate of drug-likeness (QED) is 0.830. The molecule has 0 unspecified atom stereocenters. The molecule has 5 heteroatoms. The number of hydrogen-bond acceptors (Lipinski definition) is 3. The lowest BCUT2D eigenvalue weighted by Crippen LogP contribution is -2.20. The molecule has 0 fully saturated rings. The normalized spacial score (nSPS) is 15.9. The van der Waals surface area contributed by atoms with Crippen molar-refractivity contribution in [3.8, 4) is 0 Å². The molecule has 21 heavy (non-hydrogen) atoms. The van der Waals surface area contributed by atoms with Crippen LogP contribution in [0.5, 0.6) is 0 Å². The Balaban J connectivity index is 2.05. The van der Waals surface area contributed by atoms with Crippen molar-refractivity contribution in [1.29, 1.82) is 0 Å². The van der Waals surface area contributed by atoms with Crippen LogP contribution in [-0.4, -0.2) is 11.7 Å². The number of carbonyl (C=O) groups is 1. The highest BCUT2D eigenvalue weighted by Crippen LogP contribution is 2.36. The zero-order valence-corrected chi connectivity index (χ0v) is 12.7. The Morgan fingerprint density at radius 1 is 1.14 bits per heavy atom. The van der Waals surface area contributed by atoms with E-state index in [1.165, 1.54) is 4.90 Å². The van der Waals surface area contributed by atoms with Crippen LogP contribution in [0.1, 0.15) is 5.56 Å². The molecular formula is C16H13ClN2OS. The van der Waals surface area contributed by atoms with Gasteiger partial charge in [-0.05, 0) is 29.8 Å². The summed E-state index contributed by atoms with van der Waals surface area (Å²) in [4.78, 5) is 13.0. The number of benzene rings is 2. The van der Waals surface area contributed by atoms with Gasteiger partial charge in [-0.2, -0.15) is 0 Å². The second kappa shape index (κ2) is 5.84. The van der Waals surface area contributed by atoms with E-state index in [4.69, 9.17) is 17.3 Å². The molecule has 0 atom stereocenters. The number of thioether (sulfide) groups is 1. The average molecular weight is 317 g/mol. The Labute approximate surface area is 132 Å². The number of nitrogens with one attached hydrogen (secondary N) is 1. The maximum absolute atomic E-state index is 11.9. The lowest BCUT2D eigenvalue weighted by atomic mass is 10.0. The van der Waals surface area contributed by atoms with E-state index in [1.807, 2.05) is 30.3 Å². The third-order valence-electron chi connectivity index (χ3n) is 3.23. The van der Waals surface area contributed by atoms with Gasteiger partial charge in [0.05, 0.1) is 11.3 Å². The second-order valence-electron chi connectivity index (χ2n) is 4.63. The Morgan fingerprint density at radius 3 is 2.57 bits per heavy atom. The SMILES string of the molecule is NC(=O)C(=C1CSc2ccccc2N1)c1ccc(Cl)cc1. The molecule has 0 aliphatic carbocycles. The van der Waals surface area contributed by atoms with E-state index >= 15 is 0 Å². The third-order valence-corrected chi connectivity index (χ3v) is 4.58. The number of hydrogen-bond donors (Lipinski definition) is 2. The summed E-state index contributed by atoms with van der Waals surface area (Å²) in [6, 6.07) is 15.1. The van der Waals surface area contributed by atoms with Crippen molar-refractivity contribution in [3.63, 3.8) is 0 Å². The van der Waals surface area contributed by atoms with Crippen LogP contribution in [-0.2, 0) is 4.79 Å². The number of amides is 1. The first-order valence-corrected chi connectivity index (χ1v) is 7.79. The van der Waals surface area contributed by atoms with Gasteiger partial charge in [0, 0.05) is 21.4 Å². The number of halogens is 1. The van der Waals surface area contributed by atoms with Gasteiger partial charge < -0.3 is 11.1 Å². The number of nitrogens with two attached hydrogens (primary N) is 1. The highest BCUT2D eigenvalue weighted by atomic mass is 35.5. The standard InChI is InChI=1S/C16H13ClN2OS/c17-11-7-5-10(6-8-11)15(16(18)20)13-9-21-14-4-2-1-3-12(14)19-13/h1-8,19H,9H2,(H2,18,20). The van der Waals surface area contributed by atoms with E-state index in [0.29, 0.717) is 16.3 Å². The lowest BCUT2D eigenvalue weighted by Gasteiger charge is -2.22. The molecule has 0 radical (unpaired) electrons. The van der Waals surface area contributed by atoms with E-state index < -0.39 is 5.91 Å². The van der Waals surface area contributed by atoms with Crippen LogP contribution in [0, 0.1) is 0 Å². The summed E-state index contributed by atoms with van der Waals surface area (Å²) in [6.45, 7) is 0. The molecule has 0 bridgehead atoms. The molecule has 1 amide bonds. The molecule has 1 aliphatic heterocycles. The maximum atomic E-state index is 11.9. The molecule has 0 saturated carbocycles. The summed E-state index contributed by atoms with van der Waals surface area (Å²) < 4.78 is 0. The fourth-order valence-corrected chi connectivity index (χ4v) is 3.35. The van der Waals surface area contributed by atoms with Crippen molar-refractivity contribution in [3.05, 3.63) is 64.8 Å². The first-order chi connectivity index (χ1) is 10.1. The van der Waals surface area contributed by atoms with Crippen LogP contribution in [0.3, 0.4) is 0 Å². The smallest absolute Gasteiger partial charge is 0.251 e. The predicted molar refractivity (Wildman–Crippen MR) is 88.4 cm³/mol. The van der Waals surface area contributed by atoms with E-state index in [0.717, 1.165) is 16.9 Å². The highest BCUT2D eigenvalue weighted by molar-refractivity contribution is 7.99. The van der Waals surface area contributed by atoms with Crippen molar-refractivity contribution in [2.24, 2.45) is 5.73 Å². The molecule has 2 aromatic rings. The Kier molecular flexibility index (Phi) is 3.90. The molecule has 2 aromatic carbocycles. The molecule has 106 valence electrons. The molecule has 1 heterocycles. The third kappa shape index (κ3) is 2.91. The topological polar surface area (TPSA) is 55.1 Å². The second-order valence-corrected chi connectivity index (χ2v) is 6.09. The lowest BCUT2D eigenvalue weighted by molar-refractivity contribution is -0.112. The fourth-order valence-electron chi connectivity index (χ4n) is 2.26. The van der Waals surface area contributed by atoms with Crippen molar-refractivity contribution in [1.82, 2.24) is 0 Å². The number of para-hydroxylation sites is 1. The van der Waals surface area contributed by atoms with E-state index in [9.17, 15) is 4.79 Å². The van der Waals surface area contributed by atoms with Crippen LogP contribution in [0.4, 0.5) is 5.69 Å². The van der Waals surface area contributed by atoms with Gasteiger partial charge in [0.15, 0.2) is 0 Å². The van der Waals surface area contributed by atoms with Gasteiger partial charge in [-0.15, -0.1) is 11.8 Å². The van der Waals surface area contributed by atoms with Crippen LogP contribution in [0.25, 0.3) is 5.57 Å². The summed E-state index contributed by atoms with van der Waals surface area (Å²) >= 11 is 7.58. The summed E-state index contributed by atoms with van der Waals surface area (Å²) in [7, 11) is 0. The zero-order chi connectivity index (χ0) is 14.8. The first kappa shape index (κ1) is 14.0. The Hall–Kier alpha value is -1.91. The van der Waals surface area contributed by atoms with Gasteiger partial charge in [0.25, 0.3) is 5.91 Å². The Bertz CT molecular complexity index is 725. The monoisotopic (exact) mass is 316 g/mol. The summed E-state index contributed by atoms with van der Waals surface area (Å²) in [5.74, 6) is 0.234. The molecular weight excluding hydrogens is 304 g/mol. The molecule has 3 nitrogen and oxygen atoms in total. The van der Waals surface area contributed by atoms with Crippen LogP contribution in [0.2, 0.25) is 5.02 Å². The molecule has 0 aromatic heterocycles. The van der Waals surface area contributed by atoms with Crippen LogP contribution >= 0.6 is 23.4 Å². The van der Waals surface area contributed by atoms with Gasteiger partial charge >= 0.3 is 0 Å². The van der Waals surface area contributed by atoms with Gasteiger partial charge in [-0.1, -0.05) is 35.9 Å². The molecule has 0 spiro atoms. The first-order valence-electron chi connectivity index (χ1n) is 6.43. The van der Waals surface area contributed by atoms with E-state index in [-0.39, 0.29) is 0 Å². The van der Waals surface area contributed by atoms with Crippen molar-refractivity contribution < 1.29 is 4.79 Å². The molecule has 0 saturated heterocycles. The summed E-state index contributed by atoms with van der Waals surface area (Å²) in [5, 5.41) is 3.95. The largest absolute Gasteiger partial charge is 0.366 e. The minimum Gasteiger partial charge on any atom is -0.366 e. The van der Waals surface area contributed by atoms with E-state index in [1.54, 1.807) is 23.9 Å². The number of fused-ring (bicyclic) bond motifs is 1. The molecule has 1 aliphatic rings. The minimum atomic E-state index is -0.445. The van der Waals surface area contributed by atoms with Gasteiger partial charge in [0.1, 0.15) is 0 Å². The summed E-state index contributed by atoms with van der Waals surface area (Å²) in [5.41, 5.74) is 8.68. The molecule has 3 N–H and O–H groups in total. The summed E-state index contributed by atoms with van der Waals surface area (Å²) in [6.07, 6.45) is 0.